The molecule has 2 aromatic carbocycles. The first-order valence-electron chi connectivity index (χ1n) is 6.61. The molecule has 0 aliphatic rings. The lowest BCUT2D eigenvalue weighted by Gasteiger charge is -2.04. The van der Waals surface area contributed by atoms with Gasteiger partial charge in [0, 0.05) is 10.9 Å². The van der Waals surface area contributed by atoms with Crippen molar-refractivity contribution < 1.29 is 19.1 Å². The van der Waals surface area contributed by atoms with E-state index >= 15 is 0 Å². The molecular formula is C17H14O4. The molecule has 1 N–H and O–H groups in total. The third-order valence-corrected chi connectivity index (χ3v) is 3.25. The number of carbonyl (C=O) groups is 1. The predicted molar refractivity (Wildman–Crippen MR) is 78.1 cm³/mol. The molecule has 106 valence electrons. The van der Waals surface area contributed by atoms with E-state index in [4.69, 9.17) is 9.15 Å². The van der Waals surface area contributed by atoms with Gasteiger partial charge < -0.3 is 14.3 Å². The summed E-state index contributed by atoms with van der Waals surface area (Å²) in [7, 11) is 0. The highest BCUT2D eigenvalue weighted by Crippen LogP contribution is 2.26. The molecule has 1 heterocycles. The number of hydrogen-bond donors (Lipinski definition) is 1. The van der Waals surface area contributed by atoms with E-state index in [0.29, 0.717) is 17.8 Å². The van der Waals surface area contributed by atoms with Gasteiger partial charge in [-0.3, -0.25) is 0 Å². The maximum Gasteiger partial charge on any atom is 0.372 e. The van der Waals surface area contributed by atoms with Gasteiger partial charge in [0.25, 0.3) is 0 Å². The first kappa shape index (κ1) is 13.4. The average Bonchev–Trinajstić information content (AvgIpc) is 2.88. The van der Waals surface area contributed by atoms with Crippen LogP contribution in [0.5, 0.6) is 0 Å². The molecule has 0 aliphatic heterocycles. The van der Waals surface area contributed by atoms with Gasteiger partial charge in [0.2, 0.25) is 5.76 Å². The van der Waals surface area contributed by atoms with Crippen molar-refractivity contribution in [2.45, 2.75) is 13.2 Å². The zero-order valence-corrected chi connectivity index (χ0v) is 11.3. The lowest BCUT2D eigenvalue weighted by Crippen LogP contribution is -2.01. The maximum atomic E-state index is 11.3. The number of carboxylic acids is 1. The maximum absolute atomic E-state index is 11.3. The summed E-state index contributed by atoms with van der Waals surface area (Å²) < 4.78 is 11.0. The second-order valence-electron chi connectivity index (χ2n) is 4.69. The van der Waals surface area contributed by atoms with Crippen molar-refractivity contribution in [3.63, 3.8) is 0 Å². The van der Waals surface area contributed by atoms with Gasteiger partial charge in [-0.05, 0) is 11.6 Å². The van der Waals surface area contributed by atoms with Gasteiger partial charge in [-0.25, -0.2) is 4.79 Å². The van der Waals surface area contributed by atoms with Crippen LogP contribution in [-0.2, 0) is 18.0 Å². The Bertz CT molecular complexity index is 759. The first-order valence-corrected chi connectivity index (χ1v) is 6.61. The number of ether oxygens (including phenoxy) is 1. The van der Waals surface area contributed by atoms with Crippen LogP contribution in [0.1, 0.15) is 21.7 Å². The number of para-hydroxylation sites is 1. The topological polar surface area (TPSA) is 59.7 Å². The number of hydrogen-bond acceptors (Lipinski definition) is 3. The highest BCUT2D eigenvalue weighted by Gasteiger charge is 2.19. The second-order valence-corrected chi connectivity index (χ2v) is 4.69. The van der Waals surface area contributed by atoms with Gasteiger partial charge in [0.15, 0.2) is 0 Å². The Morgan fingerprint density at radius 3 is 2.48 bits per heavy atom. The van der Waals surface area contributed by atoms with Crippen molar-refractivity contribution in [3.8, 4) is 0 Å². The summed E-state index contributed by atoms with van der Waals surface area (Å²) in [6, 6.07) is 17.0. The van der Waals surface area contributed by atoms with E-state index in [1.54, 1.807) is 6.07 Å². The fourth-order valence-electron chi connectivity index (χ4n) is 2.26. The zero-order valence-electron chi connectivity index (χ0n) is 11.3. The van der Waals surface area contributed by atoms with E-state index in [1.807, 2.05) is 48.5 Å². The minimum atomic E-state index is -1.08. The molecule has 4 nitrogen and oxygen atoms in total. The van der Waals surface area contributed by atoms with Crippen molar-refractivity contribution in [1.82, 2.24) is 0 Å². The first-order chi connectivity index (χ1) is 10.3. The van der Waals surface area contributed by atoms with E-state index in [2.05, 4.69) is 0 Å². The highest BCUT2D eigenvalue weighted by molar-refractivity contribution is 5.94. The zero-order chi connectivity index (χ0) is 14.7. The monoisotopic (exact) mass is 282 g/mol. The molecule has 0 unspecified atom stereocenters. The molecule has 4 heteroatoms. The minimum absolute atomic E-state index is 0.0516. The van der Waals surface area contributed by atoms with Gasteiger partial charge in [-0.15, -0.1) is 0 Å². The summed E-state index contributed by atoms with van der Waals surface area (Å²) in [5, 5.41) is 10.0. The van der Waals surface area contributed by atoms with E-state index in [0.717, 1.165) is 10.9 Å². The third-order valence-electron chi connectivity index (χ3n) is 3.25. The largest absolute Gasteiger partial charge is 0.475 e. The Kier molecular flexibility index (Phi) is 3.71. The van der Waals surface area contributed by atoms with Crippen LogP contribution in [-0.4, -0.2) is 11.1 Å². The van der Waals surface area contributed by atoms with Crippen molar-refractivity contribution in [1.29, 1.82) is 0 Å². The van der Waals surface area contributed by atoms with E-state index in [1.165, 1.54) is 0 Å². The van der Waals surface area contributed by atoms with E-state index in [9.17, 15) is 9.90 Å². The van der Waals surface area contributed by atoms with Gasteiger partial charge in [-0.2, -0.15) is 0 Å². The summed E-state index contributed by atoms with van der Waals surface area (Å²) in [5.41, 5.74) is 2.18. The number of furan rings is 1. The van der Waals surface area contributed by atoms with Crippen molar-refractivity contribution >= 4 is 16.9 Å². The van der Waals surface area contributed by atoms with Crippen molar-refractivity contribution in [2.24, 2.45) is 0 Å². The molecule has 0 spiro atoms. The predicted octanol–water partition coefficient (Wildman–Crippen LogP) is 3.85. The molecule has 0 saturated heterocycles. The number of rotatable bonds is 5. The second kappa shape index (κ2) is 5.81. The average molecular weight is 282 g/mol. The molecule has 0 aliphatic carbocycles. The number of aromatic carboxylic acids is 1. The number of carboxylic acid groups (broad SMARTS) is 1. The Hall–Kier alpha value is -2.59. The van der Waals surface area contributed by atoms with Crippen molar-refractivity contribution in [2.75, 3.05) is 0 Å². The molecule has 0 saturated carbocycles. The van der Waals surface area contributed by atoms with Crippen LogP contribution in [0.2, 0.25) is 0 Å². The molecule has 1 aromatic heterocycles. The molecule has 3 aromatic rings. The molecule has 0 fully saturated rings. The molecule has 21 heavy (non-hydrogen) atoms. The summed E-state index contributed by atoms with van der Waals surface area (Å²) in [6.07, 6.45) is 0. The fraction of sp³-hybridized carbons (Fsp3) is 0.118. The van der Waals surface area contributed by atoms with Gasteiger partial charge in [-0.1, -0.05) is 48.5 Å². The van der Waals surface area contributed by atoms with Crippen LogP contribution in [0.15, 0.2) is 59.0 Å². The van der Waals surface area contributed by atoms with Gasteiger partial charge >= 0.3 is 5.97 Å². The number of benzene rings is 2. The van der Waals surface area contributed by atoms with Crippen LogP contribution in [0, 0.1) is 0 Å². The summed E-state index contributed by atoms with van der Waals surface area (Å²) in [6.45, 7) is 0.632. The molecule has 3 rings (SSSR count). The summed E-state index contributed by atoms with van der Waals surface area (Å²) in [4.78, 5) is 11.3. The Morgan fingerprint density at radius 1 is 1.00 bits per heavy atom. The quantitative estimate of drug-likeness (QED) is 0.772. The van der Waals surface area contributed by atoms with E-state index < -0.39 is 5.97 Å². The minimum Gasteiger partial charge on any atom is -0.475 e. The number of fused-ring (bicyclic) bond motifs is 1. The summed E-state index contributed by atoms with van der Waals surface area (Å²) in [5.74, 6) is -1.13. The van der Waals surface area contributed by atoms with Crippen LogP contribution in [0.25, 0.3) is 11.0 Å². The Morgan fingerprint density at radius 2 is 1.71 bits per heavy atom. The molecule has 0 radical (unpaired) electrons. The van der Waals surface area contributed by atoms with Crippen LogP contribution in [0.3, 0.4) is 0 Å². The fourth-order valence-corrected chi connectivity index (χ4v) is 2.26. The molecule has 0 amide bonds. The van der Waals surface area contributed by atoms with Gasteiger partial charge in [0.05, 0.1) is 13.2 Å². The van der Waals surface area contributed by atoms with Crippen molar-refractivity contribution in [3.05, 3.63) is 71.5 Å². The third kappa shape index (κ3) is 2.80. The molecule has 0 bridgehead atoms. The van der Waals surface area contributed by atoms with Gasteiger partial charge in [0.1, 0.15) is 5.58 Å². The summed E-state index contributed by atoms with van der Waals surface area (Å²) >= 11 is 0. The lowest BCUT2D eigenvalue weighted by atomic mass is 10.1. The van der Waals surface area contributed by atoms with Crippen LogP contribution in [0.4, 0.5) is 0 Å². The SMILES string of the molecule is O=C(O)c1oc2ccccc2c1COCc1ccccc1. The van der Waals surface area contributed by atoms with E-state index in [-0.39, 0.29) is 12.4 Å². The molecular weight excluding hydrogens is 268 g/mol. The van der Waals surface area contributed by atoms with Crippen LogP contribution >= 0.6 is 0 Å². The van der Waals surface area contributed by atoms with Crippen LogP contribution < -0.4 is 0 Å². The standard InChI is InChI=1S/C17H14O4/c18-17(19)16-14(13-8-4-5-9-15(13)21-16)11-20-10-12-6-2-1-3-7-12/h1-9H,10-11H2,(H,18,19). The smallest absolute Gasteiger partial charge is 0.372 e. The molecule has 0 atom stereocenters. The normalized spacial score (nSPS) is 10.9. The highest BCUT2D eigenvalue weighted by atomic mass is 16.5. The lowest BCUT2D eigenvalue weighted by molar-refractivity contribution is 0.0649. The Labute approximate surface area is 121 Å². The Balaban J connectivity index is 1.82.